The first kappa shape index (κ1) is 13.5. The Labute approximate surface area is 113 Å². The van der Waals surface area contributed by atoms with Gasteiger partial charge in [-0.05, 0) is 45.4 Å². The van der Waals surface area contributed by atoms with E-state index in [9.17, 15) is 4.79 Å². The Kier molecular flexibility index (Phi) is 3.79. The predicted molar refractivity (Wildman–Crippen MR) is 76.2 cm³/mol. The Bertz CT molecular complexity index is 622. The minimum Gasteiger partial charge on any atom is -0.350 e. The summed E-state index contributed by atoms with van der Waals surface area (Å²) in [7, 11) is 0. The third-order valence-corrected chi connectivity index (χ3v) is 3.33. The van der Waals surface area contributed by atoms with Gasteiger partial charge in [0.15, 0.2) is 0 Å². The number of hydrogen-bond acceptors (Lipinski definition) is 3. The van der Waals surface area contributed by atoms with Crippen LogP contribution in [0.1, 0.15) is 42.0 Å². The first-order valence-corrected chi connectivity index (χ1v) is 6.57. The molecule has 19 heavy (non-hydrogen) atoms. The smallest absolute Gasteiger partial charge is 0.251 e. The lowest BCUT2D eigenvalue weighted by atomic mass is 10.1. The van der Waals surface area contributed by atoms with Gasteiger partial charge in [0.1, 0.15) is 0 Å². The molecule has 0 fully saturated rings. The maximum absolute atomic E-state index is 12.1. The molecule has 4 nitrogen and oxygen atoms in total. The summed E-state index contributed by atoms with van der Waals surface area (Å²) in [5.41, 5.74) is 4.03. The Morgan fingerprint density at radius 3 is 2.47 bits per heavy atom. The molecule has 0 spiro atoms. The first-order valence-electron chi connectivity index (χ1n) is 6.57. The summed E-state index contributed by atoms with van der Waals surface area (Å²) in [4.78, 5) is 21.0. The predicted octanol–water partition coefficient (Wildman–Crippen LogP) is 2.77. The topological polar surface area (TPSA) is 54.9 Å². The van der Waals surface area contributed by atoms with Crippen LogP contribution in [0.2, 0.25) is 0 Å². The summed E-state index contributed by atoms with van der Waals surface area (Å²) in [6.45, 7) is 7.90. The van der Waals surface area contributed by atoms with Crippen molar-refractivity contribution in [1.29, 1.82) is 0 Å². The van der Waals surface area contributed by atoms with Gasteiger partial charge in [-0.1, -0.05) is 6.92 Å². The van der Waals surface area contributed by atoms with Crippen LogP contribution >= 0.6 is 0 Å². The van der Waals surface area contributed by atoms with E-state index >= 15 is 0 Å². The Hall–Kier alpha value is -1.97. The van der Waals surface area contributed by atoms with Crippen molar-refractivity contribution in [2.24, 2.45) is 0 Å². The van der Waals surface area contributed by atoms with Crippen LogP contribution in [-0.2, 0) is 0 Å². The highest BCUT2D eigenvalue weighted by Crippen LogP contribution is 2.14. The second-order valence-electron chi connectivity index (χ2n) is 4.88. The van der Waals surface area contributed by atoms with Gasteiger partial charge >= 0.3 is 0 Å². The van der Waals surface area contributed by atoms with Crippen LogP contribution in [0.5, 0.6) is 0 Å². The van der Waals surface area contributed by atoms with Gasteiger partial charge in [0.25, 0.3) is 5.91 Å². The number of rotatable bonds is 3. The molecule has 4 heteroatoms. The maximum Gasteiger partial charge on any atom is 0.251 e. The molecule has 0 bridgehead atoms. The SMILES string of the molecule is CC[C@@H](C)NC(=O)c1ccc2nc(C)c(C)nc2c1. The number of aryl methyl sites for hydroxylation is 2. The lowest BCUT2D eigenvalue weighted by molar-refractivity contribution is 0.0939. The molecule has 0 saturated carbocycles. The average molecular weight is 257 g/mol. The highest BCUT2D eigenvalue weighted by atomic mass is 16.1. The normalized spacial score (nSPS) is 12.4. The van der Waals surface area contributed by atoms with Crippen LogP contribution in [0, 0.1) is 13.8 Å². The molecule has 0 aliphatic heterocycles. The van der Waals surface area contributed by atoms with Gasteiger partial charge in [-0.2, -0.15) is 0 Å². The molecule has 0 unspecified atom stereocenters. The van der Waals surface area contributed by atoms with E-state index in [1.807, 2.05) is 33.8 Å². The summed E-state index contributed by atoms with van der Waals surface area (Å²) in [5, 5.41) is 2.95. The lowest BCUT2D eigenvalue weighted by Gasteiger charge is -2.11. The molecule has 0 radical (unpaired) electrons. The fourth-order valence-corrected chi connectivity index (χ4v) is 1.78. The molecule has 1 atom stereocenters. The van der Waals surface area contributed by atoms with Gasteiger partial charge in [-0.15, -0.1) is 0 Å². The Morgan fingerprint density at radius 1 is 1.21 bits per heavy atom. The molecule has 2 rings (SSSR count). The molecule has 0 saturated heterocycles. The van der Waals surface area contributed by atoms with E-state index in [0.29, 0.717) is 5.56 Å². The van der Waals surface area contributed by atoms with E-state index in [-0.39, 0.29) is 11.9 Å². The van der Waals surface area contributed by atoms with Crippen molar-refractivity contribution in [2.75, 3.05) is 0 Å². The number of carbonyl (C=O) groups is 1. The zero-order valence-corrected chi connectivity index (χ0v) is 11.8. The highest BCUT2D eigenvalue weighted by molar-refractivity contribution is 5.97. The molecule has 2 aromatic rings. The number of nitrogens with one attached hydrogen (secondary N) is 1. The second kappa shape index (κ2) is 5.34. The quantitative estimate of drug-likeness (QED) is 0.919. The van der Waals surface area contributed by atoms with Crippen LogP contribution in [0.15, 0.2) is 18.2 Å². The Balaban J connectivity index is 2.36. The van der Waals surface area contributed by atoms with E-state index in [0.717, 1.165) is 28.8 Å². The van der Waals surface area contributed by atoms with E-state index in [1.165, 1.54) is 0 Å². The standard InChI is InChI=1S/C15H19N3O/c1-5-9(2)16-15(19)12-6-7-13-14(8-12)18-11(4)10(3)17-13/h6-9H,5H2,1-4H3,(H,16,19)/t9-/m1/s1. The van der Waals surface area contributed by atoms with E-state index in [4.69, 9.17) is 0 Å². The van der Waals surface area contributed by atoms with Crippen molar-refractivity contribution in [3.63, 3.8) is 0 Å². The second-order valence-corrected chi connectivity index (χ2v) is 4.88. The van der Waals surface area contributed by atoms with Gasteiger partial charge < -0.3 is 5.32 Å². The van der Waals surface area contributed by atoms with Crippen molar-refractivity contribution in [2.45, 2.75) is 40.2 Å². The monoisotopic (exact) mass is 257 g/mol. The summed E-state index contributed by atoms with van der Waals surface area (Å²) in [5.74, 6) is -0.0590. The van der Waals surface area contributed by atoms with Crippen molar-refractivity contribution >= 4 is 16.9 Å². The molecule has 1 heterocycles. The van der Waals surface area contributed by atoms with E-state index in [1.54, 1.807) is 12.1 Å². The van der Waals surface area contributed by atoms with Crippen LogP contribution in [0.3, 0.4) is 0 Å². The van der Waals surface area contributed by atoms with Crippen LogP contribution in [0.4, 0.5) is 0 Å². The fraction of sp³-hybridized carbons (Fsp3) is 0.400. The molecule has 1 N–H and O–H groups in total. The number of nitrogens with zero attached hydrogens (tertiary/aromatic N) is 2. The minimum absolute atomic E-state index is 0.0590. The highest BCUT2D eigenvalue weighted by Gasteiger charge is 2.10. The molecular weight excluding hydrogens is 238 g/mol. The number of aromatic nitrogens is 2. The van der Waals surface area contributed by atoms with Crippen molar-refractivity contribution in [1.82, 2.24) is 15.3 Å². The minimum atomic E-state index is -0.0590. The maximum atomic E-state index is 12.1. The van der Waals surface area contributed by atoms with Crippen LogP contribution < -0.4 is 5.32 Å². The molecular formula is C15H19N3O. The van der Waals surface area contributed by atoms with Gasteiger partial charge in [0.2, 0.25) is 0 Å². The van der Waals surface area contributed by atoms with Crippen LogP contribution in [0.25, 0.3) is 11.0 Å². The zero-order chi connectivity index (χ0) is 14.0. The third kappa shape index (κ3) is 2.89. The molecule has 1 aromatic heterocycles. The van der Waals surface area contributed by atoms with Crippen molar-refractivity contribution in [3.8, 4) is 0 Å². The van der Waals surface area contributed by atoms with Gasteiger partial charge in [-0.25, -0.2) is 9.97 Å². The Morgan fingerprint density at radius 2 is 1.84 bits per heavy atom. The number of carbonyl (C=O) groups excluding carboxylic acids is 1. The number of benzene rings is 1. The van der Waals surface area contributed by atoms with Crippen LogP contribution in [-0.4, -0.2) is 21.9 Å². The molecule has 1 aromatic carbocycles. The molecule has 1 amide bonds. The fourth-order valence-electron chi connectivity index (χ4n) is 1.78. The summed E-state index contributed by atoms with van der Waals surface area (Å²) < 4.78 is 0. The van der Waals surface area contributed by atoms with Gasteiger partial charge in [0.05, 0.1) is 22.4 Å². The number of amides is 1. The zero-order valence-electron chi connectivity index (χ0n) is 11.8. The summed E-state index contributed by atoms with van der Waals surface area (Å²) in [6.07, 6.45) is 0.914. The van der Waals surface area contributed by atoms with E-state index < -0.39 is 0 Å². The van der Waals surface area contributed by atoms with Crippen molar-refractivity contribution in [3.05, 3.63) is 35.2 Å². The number of fused-ring (bicyclic) bond motifs is 1. The van der Waals surface area contributed by atoms with Gasteiger partial charge in [0, 0.05) is 11.6 Å². The lowest BCUT2D eigenvalue weighted by Crippen LogP contribution is -2.31. The van der Waals surface area contributed by atoms with E-state index in [2.05, 4.69) is 15.3 Å². The first-order chi connectivity index (χ1) is 9.01. The molecule has 0 aliphatic carbocycles. The molecule has 0 aliphatic rings. The summed E-state index contributed by atoms with van der Waals surface area (Å²) in [6, 6.07) is 5.62. The average Bonchev–Trinajstić information content (AvgIpc) is 2.39. The summed E-state index contributed by atoms with van der Waals surface area (Å²) >= 11 is 0. The number of hydrogen-bond donors (Lipinski definition) is 1. The van der Waals surface area contributed by atoms with Crippen molar-refractivity contribution < 1.29 is 4.79 Å². The molecule has 100 valence electrons. The largest absolute Gasteiger partial charge is 0.350 e. The third-order valence-electron chi connectivity index (χ3n) is 3.33. The van der Waals surface area contributed by atoms with Gasteiger partial charge in [-0.3, -0.25) is 4.79 Å².